The number of hydrogen-bond acceptors (Lipinski definition) is 4. The molecule has 100 valence electrons. The van der Waals surface area contributed by atoms with Crippen LogP contribution in [0.25, 0.3) is 22.8 Å². The van der Waals surface area contributed by atoms with E-state index in [0.717, 1.165) is 9.13 Å². The molecule has 3 aromatic rings. The van der Waals surface area contributed by atoms with Gasteiger partial charge in [0, 0.05) is 27.1 Å². The van der Waals surface area contributed by atoms with E-state index in [1.807, 2.05) is 12.1 Å². The fourth-order valence-electron chi connectivity index (χ4n) is 1.77. The Morgan fingerprint density at radius 2 is 1.90 bits per heavy atom. The molecule has 3 rings (SSSR count). The minimum atomic E-state index is -0.516. The van der Waals surface area contributed by atoms with Crippen molar-refractivity contribution in [1.82, 2.24) is 15.1 Å². The van der Waals surface area contributed by atoms with Crippen LogP contribution in [0.3, 0.4) is 0 Å². The van der Waals surface area contributed by atoms with Crippen molar-refractivity contribution in [3.63, 3.8) is 0 Å². The van der Waals surface area contributed by atoms with Crippen LogP contribution in [-0.2, 0) is 6.67 Å². The molecular formula is C14H9FIN3O. The van der Waals surface area contributed by atoms with E-state index in [1.165, 1.54) is 0 Å². The van der Waals surface area contributed by atoms with Gasteiger partial charge in [0.25, 0.3) is 5.89 Å². The zero-order valence-electron chi connectivity index (χ0n) is 10.3. The third-order valence-corrected chi connectivity index (χ3v) is 3.85. The lowest BCUT2D eigenvalue weighted by molar-refractivity contribution is 0.432. The molecule has 1 aromatic carbocycles. The van der Waals surface area contributed by atoms with E-state index in [0.29, 0.717) is 22.8 Å². The van der Waals surface area contributed by atoms with Gasteiger partial charge in [0.15, 0.2) is 0 Å². The molecule has 4 nitrogen and oxygen atoms in total. The van der Waals surface area contributed by atoms with Crippen molar-refractivity contribution in [2.75, 3.05) is 0 Å². The lowest BCUT2D eigenvalue weighted by Gasteiger charge is -2.00. The molecule has 0 aliphatic rings. The Morgan fingerprint density at radius 3 is 2.65 bits per heavy atom. The SMILES string of the molecule is FCc1cc(-c2nc(-c3ccncc3)no2)ccc1I. The van der Waals surface area contributed by atoms with Crippen molar-refractivity contribution in [1.29, 1.82) is 0 Å². The van der Waals surface area contributed by atoms with Crippen LogP contribution < -0.4 is 0 Å². The van der Waals surface area contributed by atoms with Gasteiger partial charge in [-0.05, 0) is 58.5 Å². The Bertz CT molecular complexity index is 730. The highest BCUT2D eigenvalue weighted by atomic mass is 127. The predicted molar refractivity (Wildman–Crippen MR) is 80.5 cm³/mol. The number of hydrogen-bond donors (Lipinski definition) is 0. The van der Waals surface area contributed by atoms with E-state index in [2.05, 4.69) is 37.7 Å². The topological polar surface area (TPSA) is 51.8 Å². The number of nitrogens with zero attached hydrogens (tertiary/aromatic N) is 3. The number of aromatic nitrogens is 3. The molecule has 0 N–H and O–H groups in total. The first kappa shape index (κ1) is 13.2. The minimum Gasteiger partial charge on any atom is -0.334 e. The Labute approximate surface area is 128 Å². The van der Waals surface area contributed by atoms with Crippen molar-refractivity contribution in [3.8, 4) is 22.8 Å². The largest absolute Gasteiger partial charge is 0.334 e. The second-order valence-electron chi connectivity index (χ2n) is 4.10. The molecule has 0 spiro atoms. The average Bonchev–Trinajstić information content (AvgIpc) is 2.98. The molecule has 0 fully saturated rings. The first-order chi connectivity index (χ1) is 9.78. The zero-order chi connectivity index (χ0) is 13.9. The predicted octanol–water partition coefficient (Wildman–Crippen LogP) is 3.87. The Kier molecular flexibility index (Phi) is 3.72. The molecule has 0 radical (unpaired) electrons. The van der Waals surface area contributed by atoms with E-state index >= 15 is 0 Å². The van der Waals surface area contributed by atoms with Crippen LogP contribution in [0.5, 0.6) is 0 Å². The van der Waals surface area contributed by atoms with Gasteiger partial charge < -0.3 is 4.52 Å². The summed E-state index contributed by atoms with van der Waals surface area (Å²) >= 11 is 2.10. The lowest BCUT2D eigenvalue weighted by Crippen LogP contribution is -1.87. The molecule has 20 heavy (non-hydrogen) atoms. The summed E-state index contributed by atoms with van der Waals surface area (Å²) in [4.78, 5) is 8.26. The van der Waals surface area contributed by atoms with Gasteiger partial charge in [0.05, 0.1) is 0 Å². The Balaban J connectivity index is 1.98. The fraction of sp³-hybridized carbons (Fsp3) is 0.0714. The number of pyridine rings is 1. The quantitative estimate of drug-likeness (QED) is 0.647. The Morgan fingerprint density at radius 1 is 1.10 bits per heavy atom. The smallest absolute Gasteiger partial charge is 0.258 e. The minimum absolute atomic E-state index is 0.378. The number of halogens is 2. The van der Waals surface area contributed by atoms with Crippen LogP contribution >= 0.6 is 22.6 Å². The van der Waals surface area contributed by atoms with Crippen molar-refractivity contribution >= 4 is 22.6 Å². The van der Waals surface area contributed by atoms with Crippen LogP contribution in [0.1, 0.15) is 5.56 Å². The maximum Gasteiger partial charge on any atom is 0.258 e. The Hall–Kier alpha value is -1.83. The molecular weight excluding hydrogens is 372 g/mol. The van der Waals surface area contributed by atoms with E-state index in [9.17, 15) is 4.39 Å². The number of alkyl halides is 1. The number of benzene rings is 1. The molecule has 0 saturated carbocycles. The van der Waals surface area contributed by atoms with Gasteiger partial charge in [-0.1, -0.05) is 5.16 Å². The molecule has 0 atom stereocenters. The standard InChI is InChI=1S/C14H9FIN3O/c15-8-11-7-10(1-2-12(11)16)14-18-13(19-20-14)9-3-5-17-6-4-9/h1-7H,8H2. The molecule has 0 aliphatic carbocycles. The van der Waals surface area contributed by atoms with Crippen LogP contribution in [0.4, 0.5) is 4.39 Å². The van der Waals surface area contributed by atoms with Crippen LogP contribution in [0.2, 0.25) is 0 Å². The highest BCUT2D eigenvalue weighted by Crippen LogP contribution is 2.25. The summed E-state index contributed by atoms with van der Waals surface area (Å²) in [5.74, 6) is 0.866. The van der Waals surface area contributed by atoms with Crippen molar-refractivity contribution in [2.45, 2.75) is 6.67 Å². The summed E-state index contributed by atoms with van der Waals surface area (Å²) in [6, 6.07) is 9.00. The van der Waals surface area contributed by atoms with Gasteiger partial charge in [-0.3, -0.25) is 4.98 Å². The normalized spacial score (nSPS) is 10.7. The molecule has 2 heterocycles. The molecule has 6 heteroatoms. The summed E-state index contributed by atoms with van der Waals surface area (Å²) in [5, 5.41) is 3.93. The first-order valence-electron chi connectivity index (χ1n) is 5.87. The van der Waals surface area contributed by atoms with E-state index in [4.69, 9.17) is 4.52 Å². The summed E-state index contributed by atoms with van der Waals surface area (Å²) in [6.45, 7) is -0.516. The van der Waals surface area contributed by atoms with Gasteiger partial charge in [-0.25, -0.2) is 4.39 Å². The maximum atomic E-state index is 12.9. The summed E-state index contributed by atoms with van der Waals surface area (Å²) in [6.07, 6.45) is 3.33. The van der Waals surface area contributed by atoms with Crippen LogP contribution in [0.15, 0.2) is 47.2 Å². The van der Waals surface area contributed by atoms with E-state index < -0.39 is 6.67 Å². The van der Waals surface area contributed by atoms with Crippen LogP contribution in [0, 0.1) is 3.57 Å². The zero-order valence-corrected chi connectivity index (χ0v) is 12.4. The molecule has 0 amide bonds. The molecule has 0 saturated heterocycles. The lowest BCUT2D eigenvalue weighted by atomic mass is 10.1. The number of rotatable bonds is 3. The second kappa shape index (κ2) is 5.66. The van der Waals surface area contributed by atoms with Gasteiger partial charge >= 0.3 is 0 Å². The highest BCUT2D eigenvalue weighted by Gasteiger charge is 2.12. The van der Waals surface area contributed by atoms with Crippen molar-refractivity contribution in [3.05, 3.63) is 51.9 Å². The monoisotopic (exact) mass is 381 g/mol. The maximum absolute atomic E-state index is 12.9. The third-order valence-electron chi connectivity index (χ3n) is 2.80. The van der Waals surface area contributed by atoms with Gasteiger partial charge in [0.2, 0.25) is 5.82 Å². The van der Waals surface area contributed by atoms with Gasteiger partial charge in [-0.15, -0.1) is 0 Å². The highest BCUT2D eigenvalue weighted by molar-refractivity contribution is 14.1. The summed E-state index contributed by atoms with van der Waals surface area (Å²) in [7, 11) is 0. The fourth-order valence-corrected chi connectivity index (χ4v) is 2.25. The first-order valence-corrected chi connectivity index (χ1v) is 6.94. The van der Waals surface area contributed by atoms with E-state index in [-0.39, 0.29) is 0 Å². The van der Waals surface area contributed by atoms with E-state index in [1.54, 1.807) is 30.6 Å². The van der Waals surface area contributed by atoms with Gasteiger partial charge in [-0.2, -0.15) is 4.98 Å². The van der Waals surface area contributed by atoms with Crippen molar-refractivity contribution in [2.24, 2.45) is 0 Å². The molecule has 2 aromatic heterocycles. The van der Waals surface area contributed by atoms with Crippen LogP contribution in [-0.4, -0.2) is 15.1 Å². The second-order valence-corrected chi connectivity index (χ2v) is 5.26. The van der Waals surface area contributed by atoms with Gasteiger partial charge in [0.1, 0.15) is 6.67 Å². The summed E-state index contributed by atoms with van der Waals surface area (Å²) < 4.78 is 19.0. The average molecular weight is 381 g/mol. The molecule has 0 aliphatic heterocycles. The summed E-state index contributed by atoms with van der Waals surface area (Å²) in [5.41, 5.74) is 2.16. The third kappa shape index (κ3) is 2.55. The van der Waals surface area contributed by atoms with Crippen molar-refractivity contribution < 1.29 is 8.91 Å². The molecule has 0 unspecified atom stereocenters. The molecule has 0 bridgehead atoms.